The third kappa shape index (κ3) is 13.0. The van der Waals surface area contributed by atoms with Crippen LogP contribution in [0.25, 0.3) is 0 Å². The highest BCUT2D eigenvalue weighted by Crippen LogP contribution is 2.45. The minimum absolute atomic E-state index is 0.0841. The molecule has 0 aliphatic rings. The van der Waals surface area contributed by atoms with E-state index in [-0.39, 0.29) is 22.9 Å². The molecule has 0 atom stereocenters. The third-order valence-electron chi connectivity index (χ3n) is 14.9. The van der Waals surface area contributed by atoms with Crippen molar-refractivity contribution in [2.45, 2.75) is 90.1 Å². The van der Waals surface area contributed by atoms with Crippen LogP contribution in [-0.2, 0) is 11.1 Å². The maximum absolute atomic E-state index is 16.8. The largest absolute Gasteiger partial charge is 0.339 e. The van der Waals surface area contributed by atoms with Gasteiger partial charge in [0.15, 0.2) is 0 Å². The van der Waals surface area contributed by atoms with E-state index in [1.165, 1.54) is 5.12 Å². The van der Waals surface area contributed by atoms with Gasteiger partial charge >= 0.3 is 0 Å². The molecule has 0 heterocycles. The number of carbonyl (C=O) groups is 4. The first kappa shape index (κ1) is 57.7. The molecule has 0 aliphatic heterocycles. The molecule has 0 aromatic heterocycles. The number of nitrogens with one attached hydrogen (secondary N) is 2. The molecule has 0 aliphatic carbocycles. The van der Waals surface area contributed by atoms with Gasteiger partial charge in [0, 0.05) is 48.4 Å². The van der Waals surface area contributed by atoms with Crippen molar-refractivity contribution in [1.82, 2.24) is 30.9 Å². The monoisotopic (exact) mass is 1060 g/mol. The fraction of sp³-hybridized carbons (Fsp3) is 0.257. The van der Waals surface area contributed by atoms with Crippen LogP contribution in [0.2, 0.25) is 0 Å². The molecule has 2 N–H and O–H groups in total. The summed E-state index contributed by atoms with van der Waals surface area (Å²) < 4.78 is 0. The molecule has 80 heavy (non-hydrogen) atoms. The second kappa shape index (κ2) is 28.4. The van der Waals surface area contributed by atoms with E-state index in [0.29, 0.717) is 37.3 Å². The quantitative estimate of drug-likeness (QED) is 0.0393. The maximum Gasteiger partial charge on any atom is 0.284 e. The summed E-state index contributed by atoms with van der Waals surface area (Å²) >= 11 is 0. The van der Waals surface area contributed by atoms with Gasteiger partial charge in [0.2, 0.25) is 0 Å². The molecule has 0 spiro atoms. The van der Waals surface area contributed by atoms with Crippen LogP contribution in [0.5, 0.6) is 0 Å². The molecule has 0 saturated carbocycles. The van der Waals surface area contributed by atoms with Gasteiger partial charge < -0.3 is 9.80 Å². The average molecular weight is 1070 g/mol. The summed E-state index contributed by atoms with van der Waals surface area (Å²) in [6, 6.07) is 73.3. The van der Waals surface area contributed by atoms with Crippen molar-refractivity contribution in [3.8, 4) is 0 Å². The zero-order valence-electron chi connectivity index (χ0n) is 46.8. The van der Waals surface area contributed by atoms with Crippen LogP contribution in [-0.4, -0.2) is 69.8 Å². The first-order valence-corrected chi connectivity index (χ1v) is 28.6. The Morgan fingerprint density at radius 3 is 0.887 bits per heavy atom. The van der Waals surface area contributed by atoms with E-state index < -0.39 is 22.9 Å². The van der Waals surface area contributed by atoms with Crippen molar-refractivity contribution in [2.24, 2.45) is 0 Å². The van der Waals surface area contributed by atoms with E-state index in [4.69, 9.17) is 0 Å². The predicted molar refractivity (Wildman–Crippen MR) is 321 cm³/mol. The van der Waals surface area contributed by atoms with Gasteiger partial charge in [0.1, 0.15) is 11.1 Å². The number of unbranched alkanes of at least 4 members (excludes halogenated alkanes) is 4. The summed E-state index contributed by atoms with van der Waals surface area (Å²) in [6.45, 7) is 11.0. The van der Waals surface area contributed by atoms with Crippen LogP contribution >= 0.6 is 0 Å². The number of carbonyl (C=O) groups excluding carboxylic acids is 4. The Kier molecular flexibility index (Phi) is 20.5. The first-order valence-electron chi connectivity index (χ1n) is 28.6. The van der Waals surface area contributed by atoms with Crippen LogP contribution in [0.4, 0.5) is 0 Å². The molecule has 4 amide bonds. The van der Waals surface area contributed by atoms with Gasteiger partial charge in [-0.25, -0.2) is 0 Å². The standard InChI is InChI=1S/C70H76N6O4/c1-5-9-51-73(52-10-6-2)66(78)56-45-43-55(44-46-56)65(77)71-76(70(62-37-25-16-26-38-62,63-39-27-17-28-40-63)64-41-29-18-30-42-64)75(68(80)58-49-47-57(48-50-58)67(79)74(53-11-7-3)54-12-8-4)72-69(59-31-19-13-20-32-59,60-33-21-14-22-34-60)61-35-23-15-24-36-61/h13-50,72H,5-12,51-54H2,1-4H3,(H,71,77). The topological polar surface area (TPSA) is 105 Å². The number of hydrazine groups is 3. The van der Waals surface area contributed by atoms with Crippen LogP contribution < -0.4 is 10.9 Å². The van der Waals surface area contributed by atoms with Crippen molar-refractivity contribution in [3.63, 3.8) is 0 Å². The zero-order chi connectivity index (χ0) is 56.2. The van der Waals surface area contributed by atoms with Crippen LogP contribution in [0, 0.1) is 0 Å². The van der Waals surface area contributed by atoms with E-state index in [9.17, 15) is 9.59 Å². The Morgan fingerprint density at radius 1 is 0.338 bits per heavy atom. The lowest BCUT2D eigenvalue weighted by molar-refractivity contribution is -0.129. The molecule has 0 fully saturated rings. The second-order valence-corrected chi connectivity index (χ2v) is 20.3. The molecule has 8 rings (SSSR count). The summed E-state index contributed by atoms with van der Waals surface area (Å²) in [7, 11) is 0. The Labute approximate surface area is 474 Å². The van der Waals surface area contributed by atoms with Gasteiger partial charge in [-0.05, 0) is 108 Å². The van der Waals surface area contributed by atoms with E-state index in [1.54, 1.807) is 53.6 Å². The number of hydrogen-bond acceptors (Lipinski definition) is 6. The molecule has 0 radical (unpaired) electrons. The fourth-order valence-electron chi connectivity index (χ4n) is 10.5. The van der Waals surface area contributed by atoms with Gasteiger partial charge in [-0.15, -0.1) is 0 Å². The van der Waals surface area contributed by atoms with Crippen molar-refractivity contribution in [1.29, 1.82) is 0 Å². The molecule has 10 nitrogen and oxygen atoms in total. The molecule has 410 valence electrons. The number of rotatable bonds is 27. The Bertz CT molecular complexity index is 2970. The highest BCUT2D eigenvalue weighted by atomic mass is 16.2. The maximum atomic E-state index is 16.8. The lowest BCUT2D eigenvalue weighted by Gasteiger charge is -2.51. The van der Waals surface area contributed by atoms with Crippen LogP contribution in [0.3, 0.4) is 0 Å². The zero-order valence-corrected chi connectivity index (χ0v) is 46.8. The third-order valence-corrected chi connectivity index (χ3v) is 14.9. The van der Waals surface area contributed by atoms with Crippen molar-refractivity contribution < 1.29 is 19.2 Å². The smallest absolute Gasteiger partial charge is 0.284 e. The van der Waals surface area contributed by atoms with Crippen molar-refractivity contribution in [2.75, 3.05) is 26.2 Å². The minimum atomic E-state index is -1.53. The molecule has 0 saturated heterocycles. The summed E-state index contributed by atoms with van der Waals surface area (Å²) in [4.78, 5) is 64.8. The lowest BCUT2D eigenvalue weighted by atomic mass is 9.76. The van der Waals surface area contributed by atoms with Gasteiger partial charge in [-0.1, -0.05) is 240 Å². The molecular formula is C70H76N6O4. The molecule has 8 aromatic carbocycles. The highest BCUT2D eigenvalue weighted by molar-refractivity contribution is 5.99. The summed E-state index contributed by atoms with van der Waals surface area (Å²) in [5.74, 6) is -1.27. The van der Waals surface area contributed by atoms with E-state index in [1.807, 2.05) is 192 Å². The second-order valence-electron chi connectivity index (χ2n) is 20.3. The summed E-state index contributed by atoms with van der Waals surface area (Å²) in [5, 5.41) is 3.11. The normalized spacial score (nSPS) is 11.5. The molecule has 0 unspecified atom stereocenters. The Balaban J connectivity index is 1.41. The van der Waals surface area contributed by atoms with E-state index in [2.05, 4.69) is 38.5 Å². The first-order chi connectivity index (χ1) is 39.2. The SMILES string of the molecule is CCCCN(CCCC)C(=O)c1ccc(C(=O)NN(N(NC(c2ccccc2)(c2ccccc2)c2ccccc2)C(=O)c2ccc(C(=O)N(CCCC)CCCC)cc2)C(c2ccccc2)(c2ccccc2)c2ccccc2)cc1. The molecule has 10 heteroatoms. The average Bonchev–Trinajstić information content (AvgIpc) is 3.63. The van der Waals surface area contributed by atoms with Gasteiger partial charge in [0.25, 0.3) is 23.6 Å². The predicted octanol–water partition coefficient (Wildman–Crippen LogP) is 14.3. The summed E-state index contributed by atoms with van der Waals surface area (Å²) in [6.07, 6.45) is 7.36. The van der Waals surface area contributed by atoms with Gasteiger partial charge in [-0.3, -0.25) is 24.6 Å². The number of nitrogens with zero attached hydrogens (tertiary/aromatic N) is 4. The van der Waals surface area contributed by atoms with Crippen molar-refractivity contribution >= 4 is 23.6 Å². The number of benzene rings is 8. The lowest BCUT2D eigenvalue weighted by Crippen LogP contribution is -2.71. The highest BCUT2D eigenvalue weighted by Gasteiger charge is 2.51. The summed E-state index contributed by atoms with van der Waals surface area (Å²) in [5.41, 5.74) is 10.5. The van der Waals surface area contributed by atoms with E-state index >= 15 is 9.59 Å². The van der Waals surface area contributed by atoms with Gasteiger partial charge in [-0.2, -0.15) is 10.5 Å². The minimum Gasteiger partial charge on any atom is -0.339 e. The molecular weight excluding hydrogens is 989 g/mol. The Hall–Kier alpha value is -8.44. The number of amides is 4. The van der Waals surface area contributed by atoms with E-state index in [0.717, 1.165) is 84.7 Å². The number of hydrogen-bond donors (Lipinski definition) is 2. The van der Waals surface area contributed by atoms with Crippen LogP contribution in [0.15, 0.2) is 231 Å². The molecule has 0 bridgehead atoms. The molecule has 8 aromatic rings. The van der Waals surface area contributed by atoms with Crippen molar-refractivity contribution in [3.05, 3.63) is 286 Å². The Morgan fingerprint density at radius 2 is 0.600 bits per heavy atom. The fourth-order valence-corrected chi connectivity index (χ4v) is 10.5. The van der Waals surface area contributed by atoms with Crippen LogP contribution in [0.1, 0.15) is 154 Å². The van der Waals surface area contributed by atoms with Gasteiger partial charge in [0.05, 0.1) is 0 Å².